The summed E-state index contributed by atoms with van der Waals surface area (Å²) in [6.07, 6.45) is 6.20. The fraction of sp³-hybridized carbons (Fsp3) is 0.778. The van der Waals surface area contributed by atoms with Crippen LogP contribution in [0.4, 0.5) is 9.59 Å². The number of carboxylic acid groups (broad SMARTS) is 2. The molecular formula is C18H34N4O6. The number of aliphatic carboxylic acids is 2. The normalized spacial score (nSPS) is 10.1. The maximum Gasteiger partial charge on any atom is 0.314 e. The lowest BCUT2D eigenvalue weighted by Gasteiger charge is -2.08. The van der Waals surface area contributed by atoms with Crippen molar-refractivity contribution in [1.29, 1.82) is 0 Å². The minimum absolute atomic E-state index is 0.118. The third-order valence-corrected chi connectivity index (χ3v) is 3.88. The Morgan fingerprint density at radius 2 is 0.750 bits per heavy atom. The zero-order chi connectivity index (χ0) is 21.0. The Labute approximate surface area is 165 Å². The predicted octanol–water partition coefficient (Wildman–Crippen LogP) is 1.66. The van der Waals surface area contributed by atoms with E-state index in [2.05, 4.69) is 21.3 Å². The van der Waals surface area contributed by atoms with Crippen molar-refractivity contribution in [2.45, 2.75) is 64.2 Å². The number of amides is 4. The fourth-order valence-electron chi connectivity index (χ4n) is 2.34. The maximum absolute atomic E-state index is 11.5. The van der Waals surface area contributed by atoms with E-state index >= 15 is 0 Å². The van der Waals surface area contributed by atoms with Gasteiger partial charge >= 0.3 is 24.0 Å². The molecule has 0 saturated carbocycles. The Morgan fingerprint density at radius 3 is 1.04 bits per heavy atom. The highest BCUT2D eigenvalue weighted by Gasteiger charge is 2.02. The Hall–Kier alpha value is -2.52. The van der Waals surface area contributed by atoms with E-state index in [0.29, 0.717) is 51.9 Å². The molecule has 0 aliphatic rings. The highest BCUT2D eigenvalue weighted by Crippen LogP contribution is 1.98. The highest BCUT2D eigenvalue weighted by molar-refractivity contribution is 5.74. The molecule has 0 bridgehead atoms. The van der Waals surface area contributed by atoms with E-state index in [1.165, 1.54) is 0 Å². The molecule has 0 rings (SSSR count). The number of carbonyl (C=O) groups is 4. The van der Waals surface area contributed by atoms with Crippen LogP contribution in [0, 0.1) is 0 Å². The second-order valence-corrected chi connectivity index (χ2v) is 6.48. The van der Waals surface area contributed by atoms with Gasteiger partial charge in [0.2, 0.25) is 0 Å². The average Bonchev–Trinajstić information content (AvgIpc) is 2.62. The summed E-state index contributed by atoms with van der Waals surface area (Å²) >= 11 is 0. The summed E-state index contributed by atoms with van der Waals surface area (Å²) in [5.74, 6) is -1.65. The van der Waals surface area contributed by atoms with Gasteiger partial charge in [-0.2, -0.15) is 0 Å². The summed E-state index contributed by atoms with van der Waals surface area (Å²) in [4.78, 5) is 43.7. The van der Waals surface area contributed by atoms with Crippen molar-refractivity contribution in [1.82, 2.24) is 21.3 Å². The summed E-state index contributed by atoms with van der Waals surface area (Å²) in [6, 6.07) is -0.478. The summed E-state index contributed by atoms with van der Waals surface area (Å²) < 4.78 is 0. The van der Waals surface area contributed by atoms with Crippen molar-refractivity contribution >= 4 is 24.0 Å². The summed E-state index contributed by atoms with van der Waals surface area (Å²) in [5, 5.41) is 27.9. The molecule has 0 unspecified atom stereocenters. The maximum atomic E-state index is 11.5. The fourth-order valence-corrected chi connectivity index (χ4v) is 2.34. The largest absolute Gasteiger partial charge is 0.481 e. The smallest absolute Gasteiger partial charge is 0.314 e. The van der Waals surface area contributed by atoms with Crippen LogP contribution in [0.1, 0.15) is 64.2 Å². The molecule has 0 aromatic heterocycles. The Bertz CT molecular complexity index is 431. The van der Waals surface area contributed by atoms with E-state index in [-0.39, 0.29) is 24.9 Å². The minimum Gasteiger partial charge on any atom is -0.481 e. The molecule has 0 atom stereocenters. The first-order valence-electron chi connectivity index (χ1n) is 9.89. The van der Waals surface area contributed by atoms with Gasteiger partial charge in [-0.25, -0.2) is 9.59 Å². The molecule has 10 heteroatoms. The topological polar surface area (TPSA) is 157 Å². The predicted molar refractivity (Wildman–Crippen MR) is 104 cm³/mol. The number of rotatable bonds is 17. The van der Waals surface area contributed by atoms with E-state index in [1.807, 2.05) is 0 Å². The highest BCUT2D eigenvalue weighted by atomic mass is 16.4. The molecule has 0 aromatic rings. The summed E-state index contributed by atoms with van der Waals surface area (Å²) in [6.45, 7) is 2.08. The van der Waals surface area contributed by atoms with E-state index in [0.717, 1.165) is 25.7 Å². The Morgan fingerprint density at radius 1 is 0.464 bits per heavy atom. The van der Waals surface area contributed by atoms with Crippen LogP contribution < -0.4 is 21.3 Å². The molecule has 0 spiro atoms. The Balaban J connectivity index is 3.31. The second-order valence-electron chi connectivity index (χ2n) is 6.48. The molecule has 0 aliphatic carbocycles. The van der Waals surface area contributed by atoms with Crippen molar-refractivity contribution in [3.63, 3.8) is 0 Å². The molecule has 0 radical (unpaired) electrons. The number of carboxylic acids is 2. The van der Waals surface area contributed by atoms with Crippen LogP contribution in [0.15, 0.2) is 0 Å². The molecule has 0 aliphatic heterocycles. The third kappa shape index (κ3) is 19.8. The van der Waals surface area contributed by atoms with Crippen LogP contribution in [0.25, 0.3) is 0 Å². The number of unbranched alkanes of at least 4 members (excludes halogenated alkanes) is 5. The third-order valence-electron chi connectivity index (χ3n) is 3.88. The van der Waals surface area contributed by atoms with Crippen LogP contribution in [-0.2, 0) is 9.59 Å². The summed E-state index contributed by atoms with van der Waals surface area (Å²) in [5.41, 5.74) is 0. The number of nitrogens with one attached hydrogen (secondary N) is 4. The van der Waals surface area contributed by atoms with Gasteiger partial charge in [-0.15, -0.1) is 0 Å². The van der Waals surface area contributed by atoms with Gasteiger partial charge in [0.05, 0.1) is 0 Å². The van der Waals surface area contributed by atoms with E-state index < -0.39 is 11.9 Å². The standard InChI is InChI=1S/C18H34N4O6/c23-15(24)9-3-7-13-21-17(27)19-11-5-1-2-6-12-20-18(28)22-14-8-4-10-16(25)26/h1-14H2,(H,23,24)(H,25,26)(H2,19,21,27)(H2,20,22,28). The van der Waals surface area contributed by atoms with E-state index in [1.54, 1.807) is 0 Å². The van der Waals surface area contributed by atoms with E-state index in [4.69, 9.17) is 10.2 Å². The molecule has 4 amide bonds. The average molecular weight is 402 g/mol. The summed E-state index contributed by atoms with van der Waals surface area (Å²) in [7, 11) is 0. The van der Waals surface area contributed by atoms with Crippen molar-refractivity contribution in [3.05, 3.63) is 0 Å². The van der Waals surface area contributed by atoms with Gasteiger partial charge in [-0.1, -0.05) is 12.8 Å². The van der Waals surface area contributed by atoms with Crippen molar-refractivity contribution < 1.29 is 29.4 Å². The number of urea groups is 2. The van der Waals surface area contributed by atoms with Crippen molar-refractivity contribution in [2.75, 3.05) is 26.2 Å². The molecule has 6 N–H and O–H groups in total. The first-order chi connectivity index (χ1) is 13.4. The minimum atomic E-state index is -0.826. The van der Waals surface area contributed by atoms with Gasteiger partial charge in [0.1, 0.15) is 0 Å². The first kappa shape index (κ1) is 25.5. The van der Waals surface area contributed by atoms with Gasteiger partial charge in [-0.3, -0.25) is 9.59 Å². The first-order valence-corrected chi connectivity index (χ1v) is 9.89. The second kappa shape index (κ2) is 17.9. The molecular weight excluding hydrogens is 368 g/mol. The van der Waals surface area contributed by atoms with Crippen LogP contribution in [-0.4, -0.2) is 60.4 Å². The van der Waals surface area contributed by atoms with Gasteiger partial charge in [0, 0.05) is 39.0 Å². The molecule has 28 heavy (non-hydrogen) atoms. The molecule has 0 fully saturated rings. The number of carbonyl (C=O) groups excluding carboxylic acids is 2. The SMILES string of the molecule is O=C(O)CCCCNC(=O)NCCCCCCNC(=O)NCCCCC(=O)O. The lowest BCUT2D eigenvalue weighted by Crippen LogP contribution is -2.36. The van der Waals surface area contributed by atoms with Crippen LogP contribution >= 0.6 is 0 Å². The number of hydrogen-bond acceptors (Lipinski definition) is 4. The van der Waals surface area contributed by atoms with Crippen LogP contribution in [0.3, 0.4) is 0 Å². The molecule has 0 heterocycles. The molecule has 162 valence electrons. The Kier molecular flexibility index (Phi) is 16.3. The molecule has 10 nitrogen and oxygen atoms in total. The quantitative estimate of drug-likeness (QED) is 0.203. The van der Waals surface area contributed by atoms with Gasteiger partial charge < -0.3 is 31.5 Å². The number of hydrogen-bond donors (Lipinski definition) is 6. The lowest BCUT2D eigenvalue weighted by atomic mass is 10.2. The van der Waals surface area contributed by atoms with E-state index in [9.17, 15) is 19.2 Å². The van der Waals surface area contributed by atoms with Crippen molar-refractivity contribution in [2.24, 2.45) is 0 Å². The van der Waals surface area contributed by atoms with Crippen LogP contribution in [0.5, 0.6) is 0 Å². The van der Waals surface area contributed by atoms with Crippen molar-refractivity contribution in [3.8, 4) is 0 Å². The molecule has 0 saturated heterocycles. The molecule has 0 aromatic carbocycles. The van der Waals surface area contributed by atoms with Gasteiger partial charge in [0.15, 0.2) is 0 Å². The lowest BCUT2D eigenvalue weighted by molar-refractivity contribution is -0.138. The zero-order valence-corrected chi connectivity index (χ0v) is 16.4. The zero-order valence-electron chi connectivity index (χ0n) is 16.4. The van der Waals surface area contributed by atoms with Gasteiger partial charge in [0.25, 0.3) is 0 Å². The van der Waals surface area contributed by atoms with Crippen LogP contribution in [0.2, 0.25) is 0 Å². The van der Waals surface area contributed by atoms with Gasteiger partial charge in [-0.05, 0) is 38.5 Å². The monoisotopic (exact) mass is 402 g/mol.